The number of aromatic nitrogens is 5. The van der Waals surface area contributed by atoms with Gasteiger partial charge in [0.1, 0.15) is 6.33 Å². The third-order valence-corrected chi connectivity index (χ3v) is 4.55. The summed E-state index contributed by atoms with van der Waals surface area (Å²) in [7, 11) is 3.76. The number of guanidine groups is 1. The fourth-order valence-electron chi connectivity index (χ4n) is 3.05. The van der Waals surface area contributed by atoms with E-state index in [1.807, 2.05) is 37.4 Å². The Hall–Kier alpha value is -2.38. The van der Waals surface area contributed by atoms with E-state index in [4.69, 9.17) is 0 Å². The van der Waals surface area contributed by atoms with Crippen LogP contribution < -0.4 is 5.32 Å². The van der Waals surface area contributed by atoms with E-state index in [0.29, 0.717) is 18.5 Å². The minimum absolute atomic E-state index is 0.416. The van der Waals surface area contributed by atoms with Gasteiger partial charge in [0, 0.05) is 39.6 Å². The number of nitrogens with one attached hydrogen (secondary N) is 1. The molecule has 0 aromatic carbocycles. The quantitative estimate of drug-likeness (QED) is 0.665. The molecule has 2 aromatic rings. The Morgan fingerprint density at radius 2 is 2.30 bits per heavy atom. The van der Waals surface area contributed by atoms with Crippen molar-refractivity contribution in [2.24, 2.45) is 18.0 Å². The molecule has 0 aliphatic carbocycles. The molecule has 23 heavy (non-hydrogen) atoms. The van der Waals surface area contributed by atoms with E-state index in [2.05, 4.69) is 41.9 Å². The van der Waals surface area contributed by atoms with Gasteiger partial charge in [0.05, 0.1) is 18.9 Å². The summed E-state index contributed by atoms with van der Waals surface area (Å²) in [6.45, 7) is 4.85. The van der Waals surface area contributed by atoms with E-state index >= 15 is 0 Å². The predicted octanol–water partition coefficient (Wildman–Crippen LogP) is 0.670. The zero-order valence-corrected chi connectivity index (χ0v) is 13.9. The fraction of sp³-hybridized carbons (Fsp3) is 0.600. The molecule has 1 aliphatic heterocycles. The lowest BCUT2D eigenvalue weighted by atomic mass is 9.93. The lowest BCUT2D eigenvalue weighted by molar-refractivity contribution is 0.189. The molecule has 124 valence electrons. The van der Waals surface area contributed by atoms with E-state index in [9.17, 15) is 0 Å². The average molecular weight is 316 g/mol. The molecule has 2 aromatic heterocycles. The maximum absolute atomic E-state index is 4.43. The van der Waals surface area contributed by atoms with Crippen molar-refractivity contribution in [1.82, 2.24) is 34.5 Å². The summed E-state index contributed by atoms with van der Waals surface area (Å²) in [5.74, 6) is 2.42. The molecule has 0 radical (unpaired) electrons. The first-order valence-electron chi connectivity index (χ1n) is 7.95. The topological polar surface area (TPSA) is 76.2 Å². The maximum Gasteiger partial charge on any atom is 0.194 e. The highest BCUT2D eigenvalue weighted by Gasteiger charge is 2.28. The smallest absolute Gasteiger partial charge is 0.194 e. The van der Waals surface area contributed by atoms with Crippen molar-refractivity contribution in [3.8, 4) is 0 Å². The van der Waals surface area contributed by atoms with Crippen LogP contribution in [0.25, 0.3) is 0 Å². The van der Waals surface area contributed by atoms with E-state index < -0.39 is 0 Å². The van der Waals surface area contributed by atoms with Gasteiger partial charge in [-0.1, -0.05) is 6.92 Å². The van der Waals surface area contributed by atoms with Crippen molar-refractivity contribution in [1.29, 1.82) is 0 Å². The third-order valence-electron chi connectivity index (χ3n) is 4.55. The number of imidazole rings is 1. The van der Waals surface area contributed by atoms with Gasteiger partial charge in [0.2, 0.25) is 0 Å². The van der Waals surface area contributed by atoms with Crippen LogP contribution in [0.2, 0.25) is 0 Å². The van der Waals surface area contributed by atoms with Crippen molar-refractivity contribution >= 4 is 5.96 Å². The first kappa shape index (κ1) is 15.5. The second kappa shape index (κ2) is 6.80. The standard InChI is InChI=1S/C15H24N8/c1-12-4-6-22(9-13(12)23-7-5-17-10-23)15(16-2)18-8-14-20-19-11-21(14)3/h5,7,10-13H,4,6,8-9H2,1-3H3,(H,16,18). The number of piperidine rings is 1. The molecule has 8 nitrogen and oxygen atoms in total. The van der Waals surface area contributed by atoms with Crippen LogP contribution in [0.1, 0.15) is 25.2 Å². The molecule has 1 fully saturated rings. The van der Waals surface area contributed by atoms with Crippen LogP contribution in [0.5, 0.6) is 0 Å². The van der Waals surface area contributed by atoms with E-state index in [1.54, 1.807) is 6.33 Å². The Balaban J connectivity index is 1.65. The average Bonchev–Trinajstić information content (AvgIpc) is 3.21. The molecule has 2 atom stereocenters. The van der Waals surface area contributed by atoms with Crippen molar-refractivity contribution in [3.05, 3.63) is 30.9 Å². The third kappa shape index (κ3) is 3.35. The van der Waals surface area contributed by atoms with Crippen LogP contribution in [0.15, 0.2) is 30.0 Å². The summed E-state index contributed by atoms with van der Waals surface area (Å²) in [5, 5.41) is 11.4. The van der Waals surface area contributed by atoms with Gasteiger partial charge in [0.15, 0.2) is 11.8 Å². The van der Waals surface area contributed by atoms with E-state index in [-0.39, 0.29) is 0 Å². The van der Waals surface area contributed by atoms with Gasteiger partial charge in [-0.2, -0.15) is 0 Å². The van der Waals surface area contributed by atoms with Gasteiger partial charge >= 0.3 is 0 Å². The SMILES string of the molecule is CN=C(NCc1nncn1C)N1CCC(C)C(n2ccnc2)C1. The number of likely N-dealkylation sites (tertiary alicyclic amines) is 1. The summed E-state index contributed by atoms with van der Waals surface area (Å²) in [6.07, 6.45) is 8.62. The highest BCUT2D eigenvalue weighted by atomic mass is 15.3. The fourth-order valence-corrected chi connectivity index (χ4v) is 3.05. The summed E-state index contributed by atoms with van der Waals surface area (Å²) < 4.78 is 4.11. The second-order valence-corrected chi connectivity index (χ2v) is 6.05. The van der Waals surface area contributed by atoms with E-state index in [1.165, 1.54) is 0 Å². The van der Waals surface area contributed by atoms with Crippen LogP contribution in [0.4, 0.5) is 0 Å². The van der Waals surface area contributed by atoms with Crippen LogP contribution in [-0.2, 0) is 13.6 Å². The molecule has 3 heterocycles. The summed E-state index contributed by atoms with van der Waals surface area (Å²) in [6, 6.07) is 0.416. The van der Waals surface area contributed by atoms with Gasteiger partial charge in [-0.05, 0) is 12.3 Å². The highest BCUT2D eigenvalue weighted by Crippen LogP contribution is 2.27. The molecule has 0 spiro atoms. The minimum atomic E-state index is 0.416. The lowest BCUT2D eigenvalue weighted by Gasteiger charge is -2.39. The Kier molecular flexibility index (Phi) is 4.59. The number of hydrogen-bond acceptors (Lipinski definition) is 4. The van der Waals surface area contributed by atoms with Gasteiger partial charge in [0.25, 0.3) is 0 Å². The summed E-state index contributed by atoms with van der Waals surface area (Å²) in [4.78, 5) is 10.9. The van der Waals surface area contributed by atoms with Gasteiger partial charge < -0.3 is 19.4 Å². The monoisotopic (exact) mass is 316 g/mol. The summed E-state index contributed by atoms with van der Waals surface area (Å²) >= 11 is 0. The van der Waals surface area contributed by atoms with Gasteiger partial charge in [-0.3, -0.25) is 4.99 Å². The van der Waals surface area contributed by atoms with Crippen molar-refractivity contribution in [2.75, 3.05) is 20.1 Å². The number of hydrogen-bond donors (Lipinski definition) is 1. The molecule has 1 N–H and O–H groups in total. The van der Waals surface area contributed by atoms with Crippen LogP contribution in [0.3, 0.4) is 0 Å². The van der Waals surface area contributed by atoms with Gasteiger partial charge in [-0.15, -0.1) is 10.2 Å². The van der Waals surface area contributed by atoms with Crippen molar-refractivity contribution in [3.63, 3.8) is 0 Å². The molecular weight excluding hydrogens is 292 g/mol. The molecule has 0 amide bonds. The molecular formula is C15H24N8. The highest BCUT2D eigenvalue weighted by molar-refractivity contribution is 5.79. The lowest BCUT2D eigenvalue weighted by Crippen LogP contribution is -2.48. The first-order chi connectivity index (χ1) is 11.2. The summed E-state index contributed by atoms with van der Waals surface area (Å²) in [5.41, 5.74) is 0. The zero-order chi connectivity index (χ0) is 16.2. The molecule has 0 saturated carbocycles. The molecule has 2 unspecified atom stereocenters. The normalized spacial score (nSPS) is 22.4. The Bertz CT molecular complexity index is 644. The van der Waals surface area contributed by atoms with Crippen LogP contribution in [0, 0.1) is 5.92 Å². The second-order valence-electron chi connectivity index (χ2n) is 6.05. The number of rotatable bonds is 3. The molecule has 1 saturated heterocycles. The number of nitrogens with zero attached hydrogens (tertiary/aromatic N) is 7. The first-order valence-corrected chi connectivity index (χ1v) is 7.95. The Morgan fingerprint density at radius 1 is 1.43 bits per heavy atom. The van der Waals surface area contributed by atoms with E-state index in [0.717, 1.165) is 31.3 Å². The minimum Gasteiger partial charge on any atom is -0.349 e. The molecule has 0 bridgehead atoms. The largest absolute Gasteiger partial charge is 0.349 e. The number of aryl methyl sites for hydroxylation is 1. The van der Waals surface area contributed by atoms with Gasteiger partial charge in [-0.25, -0.2) is 4.98 Å². The van der Waals surface area contributed by atoms with Crippen LogP contribution in [-0.4, -0.2) is 55.3 Å². The van der Waals surface area contributed by atoms with Crippen molar-refractivity contribution in [2.45, 2.75) is 25.9 Å². The molecule has 8 heteroatoms. The molecule has 3 rings (SSSR count). The maximum atomic E-state index is 4.43. The zero-order valence-electron chi connectivity index (χ0n) is 13.9. The Labute approximate surface area is 136 Å². The Morgan fingerprint density at radius 3 is 2.96 bits per heavy atom. The molecule has 1 aliphatic rings. The van der Waals surface area contributed by atoms with Crippen molar-refractivity contribution < 1.29 is 0 Å². The number of aliphatic imine (C=N–C) groups is 1. The predicted molar refractivity (Wildman–Crippen MR) is 87.8 cm³/mol. The van der Waals surface area contributed by atoms with Crippen LogP contribution >= 0.6 is 0 Å².